The van der Waals surface area contributed by atoms with E-state index in [1.807, 2.05) is 88.4 Å². The summed E-state index contributed by atoms with van der Waals surface area (Å²) in [6, 6.07) is 19.2. The summed E-state index contributed by atoms with van der Waals surface area (Å²) in [5.74, 6) is -0.197. The van der Waals surface area contributed by atoms with Gasteiger partial charge in [0.1, 0.15) is 5.69 Å². The summed E-state index contributed by atoms with van der Waals surface area (Å²) in [6.07, 6.45) is 1.09. The Balaban J connectivity index is 1.59. The number of pyridine rings is 3. The molecule has 4 aromatic rings. The maximum atomic E-state index is 12.9. The zero-order chi connectivity index (χ0) is 24.8. The van der Waals surface area contributed by atoms with Crippen LogP contribution in [0.25, 0.3) is 22.9 Å². The molecular formula is C28H29N5O2. The van der Waals surface area contributed by atoms with Crippen molar-refractivity contribution in [2.75, 3.05) is 6.61 Å². The predicted molar refractivity (Wildman–Crippen MR) is 135 cm³/mol. The van der Waals surface area contributed by atoms with Crippen LogP contribution in [-0.4, -0.2) is 37.5 Å². The number of rotatable bonds is 8. The fourth-order valence-electron chi connectivity index (χ4n) is 3.98. The van der Waals surface area contributed by atoms with Gasteiger partial charge >= 0.3 is 5.97 Å². The van der Waals surface area contributed by atoms with Gasteiger partial charge in [-0.15, -0.1) is 0 Å². The summed E-state index contributed by atoms with van der Waals surface area (Å²) in [4.78, 5) is 36.1. The summed E-state index contributed by atoms with van der Waals surface area (Å²) < 4.78 is 5.40. The van der Waals surface area contributed by atoms with Gasteiger partial charge in [0.05, 0.1) is 29.6 Å². The van der Waals surface area contributed by atoms with Crippen molar-refractivity contribution in [1.82, 2.24) is 24.9 Å². The first kappa shape index (κ1) is 24.1. The molecule has 1 atom stereocenters. The van der Waals surface area contributed by atoms with Crippen LogP contribution in [-0.2, 0) is 16.0 Å². The van der Waals surface area contributed by atoms with E-state index in [0.29, 0.717) is 36.7 Å². The van der Waals surface area contributed by atoms with E-state index < -0.39 is 5.92 Å². The van der Waals surface area contributed by atoms with Crippen molar-refractivity contribution in [2.24, 2.45) is 0 Å². The first-order valence-corrected chi connectivity index (χ1v) is 11.8. The standard InChI is InChI=1S/C28H29N5O2/c1-5-35-28(34)22(23-11-8-13-25(33-23)24-12-6-9-18(2)29-24)16-15-21-10-7-14-26(32-21)27-30-19(3)17-20(4)31-27/h6-14,17,22H,5,15-16H2,1-4H3. The van der Waals surface area contributed by atoms with Crippen molar-refractivity contribution in [3.8, 4) is 22.9 Å². The molecule has 0 N–H and O–H groups in total. The third-order valence-corrected chi connectivity index (χ3v) is 5.56. The van der Waals surface area contributed by atoms with Gasteiger partial charge in [0, 0.05) is 22.8 Å². The molecule has 0 aliphatic heterocycles. The van der Waals surface area contributed by atoms with E-state index >= 15 is 0 Å². The van der Waals surface area contributed by atoms with Crippen molar-refractivity contribution in [2.45, 2.75) is 46.5 Å². The van der Waals surface area contributed by atoms with Crippen LogP contribution >= 0.6 is 0 Å². The first-order chi connectivity index (χ1) is 16.9. The van der Waals surface area contributed by atoms with E-state index in [-0.39, 0.29) is 5.97 Å². The lowest BCUT2D eigenvalue weighted by Gasteiger charge is -2.16. The minimum Gasteiger partial charge on any atom is -0.465 e. The number of hydrogen-bond donors (Lipinski definition) is 0. The normalized spacial score (nSPS) is 11.8. The molecule has 7 nitrogen and oxygen atoms in total. The molecule has 4 aromatic heterocycles. The molecule has 7 heteroatoms. The number of nitrogens with zero attached hydrogens (tertiary/aromatic N) is 5. The topological polar surface area (TPSA) is 90.8 Å². The summed E-state index contributed by atoms with van der Waals surface area (Å²) >= 11 is 0. The van der Waals surface area contributed by atoms with Crippen molar-refractivity contribution in [3.05, 3.63) is 89.1 Å². The number of ether oxygens (including phenoxy) is 1. The second-order valence-corrected chi connectivity index (χ2v) is 8.44. The van der Waals surface area contributed by atoms with E-state index in [0.717, 1.165) is 34.2 Å². The van der Waals surface area contributed by atoms with Crippen molar-refractivity contribution >= 4 is 5.97 Å². The maximum absolute atomic E-state index is 12.9. The van der Waals surface area contributed by atoms with Gasteiger partial charge in [0.15, 0.2) is 5.82 Å². The van der Waals surface area contributed by atoms with Gasteiger partial charge in [-0.05, 0) is 83.0 Å². The van der Waals surface area contributed by atoms with Crippen molar-refractivity contribution in [3.63, 3.8) is 0 Å². The molecule has 0 radical (unpaired) electrons. The first-order valence-electron chi connectivity index (χ1n) is 11.8. The monoisotopic (exact) mass is 467 g/mol. The molecule has 0 spiro atoms. The molecule has 0 fully saturated rings. The van der Waals surface area contributed by atoms with E-state index in [4.69, 9.17) is 14.7 Å². The number of carbonyl (C=O) groups is 1. The zero-order valence-corrected chi connectivity index (χ0v) is 20.5. The lowest BCUT2D eigenvalue weighted by atomic mass is 9.97. The highest BCUT2D eigenvalue weighted by Gasteiger charge is 2.24. The number of aromatic nitrogens is 5. The van der Waals surface area contributed by atoms with Crippen LogP contribution in [0, 0.1) is 20.8 Å². The molecule has 0 saturated carbocycles. The molecule has 0 bridgehead atoms. The number of hydrogen-bond acceptors (Lipinski definition) is 7. The van der Waals surface area contributed by atoms with Gasteiger partial charge in [-0.2, -0.15) is 0 Å². The van der Waals surface area contributed by atoms with Gasteiger partial charge in [-0.1, -0.05) is 18.2 Å². The van der Waals surface area contributed by atoms with Crippen molar-refractivity contribution < 1.29 is 9.53 Å². The minimum absolute atomic E-state index is 0.289. The number of aryl methyl sites for hydroxylation is 4. The van der Waals surface area contributed by atoms with Gasteiger partial charge in [-0.3, -0.25) is 14.8 Å². The Labute approximate surface area is 205 Å². The Morgan fingerprint density at radius 1 is 0.771 bits per heavy atom. The van der Waals surface area contributed by atoms with Crippen LogP contribution in [0.4, 0.5) is 0 Å². The molecule has 0 aromatic carbocycles. The smallest absolute Gasteiger partial charge is 0.315 e. The number of esters is 1. The molecule has 35 heavy (non-hydrogen) atoms. The molecular weight excluding hydrogens is 438 g/mol. The second kappa shape index (κ2) is 11.0. The highest BCUT2D eigenvalue weighted by molar-refractivity contribution is 5.77. The van der Waals surface area contributed by atoms with Crippen molar-refractivity contribution in [1.29, 1.82) is 0 Å². The summed E-state index contributed by atoms with van der Waals surface area (Å²) in [6.45, 7) is 7.95. The fraction of sp³-hybridized carbons (Fsp3) is 0.286. The second-order valence-electron chi connectivity index (χ2n) is 8.44. The van der Waals surface area contributed by atoms with E-state index in [1.54, 1.807) is 0 Å². The van der Waals surface area contributed by atoms with Gasteiger partial charge in [-0.25, -0.2) is 15.0 Å². The van der Waals surface area contributed by atoms with Crippen LogP contribution < -0.4 is 0 Å². The van der Waals surface area contributed by atoms with Crippen LogP contribution in [0.2, 0.25) is 0 Å². The van der Waals surface area contributed by atoms with E-state index in [1.165, 1.54) is 0 Å². The van der Waals surface area contributed by atoms with Gasteiger partial charge in [0.2, 0.25) is 0 Å². The average molecular weight is 468 g/mol. The minimum atomic E-state index is -0.511. The molecule has 0 aliphatic carbocycles. The quantitative estimate of drug-likeness (QED) is 0.329. The molecule has 0 amide bonds. The Kier molecular flexibility index (Phi) is 7.55. The third kappa shape index (κ3) is 6.12. The Bertz CT molecular complexity index is 1320. The van der Waals surface area contributed by atoms with Crippen LogP contribution in [0.15, 0.2) is 60.7 Å². The molecule has 0 saturated heterocycles. The number of carbonyl (C=O) groups excluding carboxylic acids is 1. The molecule has 178 valence electrons. The lowest BCUT2D eigenvalue weighted by molar-refractivity contribution is -0.145. The van der Waals surface area contributed by atoms with Crippen LogP contribution in [0.5, 0.6) is 0 Å². The molecule has 0 aliphatic rings. The molecule has 1 unspecified atom stereocenters. The summed E-state index contributed by atoms with van der Waals surface area (Å²) in [5, 5.41) is 0. The van der Waals surface area contributed by atoms with Crippen LogP contribution in [0.3, 0.4) is 0 Å². The molecule has 4 heterocycles. The SMILES string of the molecule is CCOC(=O)C(CCc1cccc(-c2nc(C)cc(C)n2)n1)c1cccc(-c2cccc(C)n2)n1. The molecule has 4 rings (SSSR count). The average Bonchev–Trinajstić information content (AvgIpc) is 2.84. The predicted octanol–water partition coefficient (Wildman–Crippen LogP) is 5.20. The summed E-state index contributed by atoms with van der Waals surface area (Å²) in [5.41, 5.74) is 6.45. The third-order valence-electron chi connectivity index (χ3n) is 5.56. The summed E-state index contributed by atoms with van der Waals surface area (Å²) in [7, 11) is 0. The highest BCUT2D eigenvalue weighted by Crippen LogP contribution is 2.25. The van der Waals surface area contributed by atoms with Gasteiger partial charge in [0.25, 0.3) is 0 Å². The fourth-order valence-corrected chi connectivity index (χ4v) is 3.98. The van der Waals surface area contributed by atoms with E-state index in [9.17, 15) is 4.79 Å². The van der Waals surface area contributed by atoms with E-state index in [2.05, 4.69) is 15.0 Å². The maximum Gasteiger partial charge on any atom is 0.315 e. The van der Waals surface area contributed by atoms with Gasteiger partial charge < -0.3 is 4.74 Å². The Hall–Kier alpha value is -4.00. The lowest BCUT2D eigenvalue weighted by Crippen LogP contribution is -2.18. The Morgan fingerprint density at radius 2 is 1.43 bits per heavy atom. The highest BCUT2D eigenvalue weighted by atomic mass is 16.5. The Morgan fingerprint density at radius 3 is 2.14 bits per heavy atom. The zero-order valence-electron chi connectivity index (χ0n) is 20.5. The van der Waals surface area contributed by atoms with Crippen LogP contribution in [0.1, 0.15) is 47.7 Å². The largest absolute Gasteiger partial charge is 0.465 e.